The summed E-state index contributed by atoms with van der Waals surface area (Å²) < 4.78 is 0. The third-order valence-corrected chi connectivity index (χ3v) is 10.4. The first-order valence-electron chi connectivity index (χ1n) is 17.4. The third kappa shape index (κ3) is 7.61. The normalized spacial score (nSPS) is 18.3. The Morgan fingerprint density at radius 3 is 2.30 bits per heavy atom. The molecule has 3 aliphatic rings. The molecule has 2 saturated heterocycles. The number of hydrogen-bond donors (Lipinski definition) is 2. The van der Waals surface area contributed by atoms with E-state index in [2.05, 4.69) is 65.9 Å². The highest BCUT2D eigenvalue weighted by atomic mass is 16.2. The van der Waals surface area contributed by atoms with Gasteiger partial charge in [-0.2, -0.15) is 0 Å². The van der Waals surface area contributed by atoms with Crippen molar-refractivity contribution in [3.63, 3.8) is 0 Å². The summed E-state index contributed by atoms with van der Waals surface area (Å²) in [6, 6.07) is 17.7. The molecule has 6 rings (SSSR count). The quantitative estimate of drug-likeness (QED) is 0.327. The lowest BCUT2D eigenvalue weighted by molar-refractivity contribution is -0.134. The summed E-state index contributed by atoms with van der Waals surface area (Å²) in [5.74, 6) is 0.394. The van der Waals surface area contributed by atoms with E-state index in [9.17, 15) is 14.4 Å². The van der Waals surface area contributed by atoms with Crippen LogP contribution in [0.15, 0.2) is 67.0 Å². The van der Waals surface area contributed by atoms with Crippen molar-refractivity contribution in [1.82, 2.24) is 25.0 Å². The number of carbonyl (C=O) groups excluding carboxylic acids is 3. The third-order valence-electron chi connectivity index (χ3n) is 10.4. The van der Waals surface area contributed by atoms with Crippen LogP contribution >= 0.6 is 0 Å². The first-order valence-corrected chi connectivity index (χ1v) is 17.4. The molecule has 0 radical (unpaired) electrons. The number of benzene rings is 2. The molecule has 3 aliphatic heterocycles. The van der Waals surface area contributed by atoms with Crippen LogP contribution in [0, 0.1) is 0 Å². The molecular weight excluding hydrogens is 588 g/mol. The predicted molar refractivity (Wildman–Crippen MR) is 184 cm³/mol. The van der Waals surface area contributed by atoms with E-state index in [1.54, 1.807) is 0 Å². The molecule has 47 heavy (non-hydrogen) atoms. The zero-order valence-corrected chi connectivity index (χ0v) is 27.8. The standard InChI is InChI=1S/C38H48N6O3/c1-3-28-10-9-27(25-29(28)4-2)26-35(36(45)42-20-13-31(14-21-42)30-11-18-39-19-12-30)41-37(46)43-22-16-33(17-23-43)44-24-15-32-7-5-6-8-34(32)40-38(44)47/h5-12,18-19,25,31,33,35H,3-4,13-17,20-24,26H2,1-2H3,(H,40,47)(H,41,46)/t35-/m1/s1. The summed E-state index contributed by atoms with van der Waals surface area (Å²) in [5, 5.41) is 6.23. The van der Waals surface area contributed by atoms with Crippen molar-refractivity contribution in [2.75, 3.05) is 38.0 Å². The molecule has 3 aromatic rings. The van der Waals surface area contributed by atoms with Crippen LogP contribution in [0.5, 0.6) is 0 Å². The number of carbonyl (C=O) groups is 3. The molecule has 0 aliphatic carbocycles. The van der Waals surface area contributed by atoms with Gasteiger partial charge >= 0.3 is 12.1 Å². The molecule has 0 unspecified atom stereocenters. The van der Waals surface area contributed by atoms with E-state index in [0.717, 1.165) is 48.9 Å². The smallest absolute Gasteiger partial charge is 0.322 e. The van der Waals surface area contributed by atoms with Crippen LogP contribution in [-0.2, 0) is 30.5 Å². The van der Waals surface area contributed by atoms with Crippen molar-refractivity contribution < 1.29 is 14.4 Å². The number of nitrogens with zero attached hydrogens (tertiary/aromatic N) is 4. The number of likely N-dealkylation sites (tertiary alicyclic amines) is 2. The molecule has 0 saturated carbocycles. The van der Waals surface area contributed by atoms with Gasteiger partial charge in [0.15, 0.2) is 0 Å². The first kappa shape index (κ1) is 32.5. The number of para-hydroxylation sites is 1. The summed E-state index contributed by atoms with van der Waals surface area (Å²) in [5.41, 5.74) is 6.98. The van der Waals surface area contributed by atoms with Gasteiger partial charge in [0.2, 0.25) is 5.91 Å². The lowest BCUT2D eigenvalue weighted by Gasteiger charge is -2.39. The highest BCUT2D eigenvalue weighted by Gasteiger charge is 2.34. The fraction of sp³-hybridized carbons (Fsp3) is 0.474. The number of aryl methyl sites for hydroxylation is 2. The second-order valence-corrected chi connectivity index (χ2v) is 13.1. The van der Waals surface area contributed by atoms with Gasteiger partial charge in [-0.25, -0.2) is 9.59 Å². The summed E-state index contributed by atoms with van der Waals surface area (Å²) in [6.07, 6.45) is 10.0. The Balaban J connectivity index is 1.10. The monoisotopic (exact) mass is 636 g/mol. The molecule has 2 aromatic carbocycles. The number of hydrogen-bond acceptors (Lipinski definition) is 4. The van der Waals surface area contributed by atoms with Gasteiger partial charge in [-0.15, -0.1) is 0 Å². The van der Waals surface area contributed by atoms with Gasteiger partial charge in [0, 0.05) is 63.3 Å². The summed E-state index contributed by atoms with van der Waals surface area (Å²) >= 11 is 0. The molecule has 1 aromatic heterocycles. The van der Waals surface area contributed by atoms with E-state index in [0.29, 0.717) is 57.9 Å². The summed E-state index contributed by atoms with van der Waals surface area (Å²) in [4.78, 5) is 50.8. The average molecular weight is 637 g/mol. The maximum atomic E-state index is 14.1. The zero-order valence-electron chi connectivity index (χ0n) is 27.8. The molecule has 2 fully saturated rings. The SMILES string of the molecule is CCc1ccc(C[C@@H](NC(=O)N2CCC(N3CCc4ccccc4NC3=O)CC2)C(=O)N2CCC(c3ccncc3)CC2)cc1CC. The van der Waals surface area contributed by atoms with E-state index in [1.807, 2.05) is 45.3 Å². The Morgan fingerprint density at radius 2 is 1.57 bits per heavy atom. The van der Waals surface area contributed by atoms with Crippen LogP contribution in [0.3, 0.4) is 0 Å². The number of fused-ring (bicyclic) bond motifs is 1. The largest absolute Gasteiger partial charge is 0.341 e. The van der Waals surface area contributed by atoms with Gasteiger partial charge in [0.1, 0.15) is 6.04 Å². The molecule has 2 N–H and O–H groups in total. The van der Waals surface area contributed by atoms with Gasteiger partial charge in [-0.1, -0.05) is 50.2 Å². The van der Waals surface area contributed by atoms with Gasteiger partial charge in [0.25, 0.3) is 0 Å². The average Bonchev–Trinajstić information content (AvgIpc) is 3.29. The maximum Gasteiger partial charge on any atom is 0.322 e. The van der Waals surface area contributed by atoms with Gasteiger partial charge in [-0.05, 0) is 96.9 Å². The second-order valence-electron chi connectivity index (χ2n) is 13.1. The number of nitrogens with one attached hydrogen (secondary N) is 2. The minimum Gasteiger partial charge on any atom is -0.341 e. The summed E-state index contributed by atoms with van der Waals surface area (Å²) in [7, 11) is 0. The number of rotatable bonds is 8. The topological polar surface area (TPSA) is 97.9 Å². The van der Waals surface area contributed by atoms with Crippen LogP contribution in [0.25, 0.3) is 0 Å². The fourth-order valence-electron chi connectivity index (χ4n) is 7.56. The van der Waals surface area contributed by atoms with Crippen molar-refractivity contribution in [3.8, 4) is 0 Å². The molecule has 9 nitrogen and oxygen atoms in total. The van der Waals surface area contributed by atoms with E-state index < -0.39 is 6.04 Å². The highest BCUT2D eigenvalue weighted by Crippen LogP contribution is 2.29. The molecule has 248 valence electrons. The highest BCUT2D eigenvalue weighted by molar-refractivity contribution is 5.91. The Hall–Kier alpha value is -4.40. The first-order chi connectivity index (χ1) is 22.9. The molecular formula is C38H48N6O3. The molecule has 1 atom stereocenters. The van der Waals surface area contributed by atoms with Crippen molar-refractivity contribution in [1.29, 1.82) is 0 Å². The Bertz CT molecular complexity index is 1550. The van der Waals surface area contributed by atoms with E-state index in [1.165, 1.54) is 16.7 Å². The number of amides is 5. The Labute approximate surface area is 278 Å². The van der Waals surface area contributed by atoms with Gasteiger partial charge in [-0.3, -0.25) is 9.78 Å². The maximum absolute atomic E-state index is 14.1. The van der Waals surface area contributed by atoms with E-state index in [4.69, 9.17) is 0 Å². The number of piperidine rings is 2. The second kappa shape index (κ2) is 15.0. The zero-order chi connectivity index (χ0) is 32.8. The van der Waals surface area contributed by atoms with Crippen molar-refractivity contribution in [3.05, 3.63) is 94.8 Å². The number of aromatic nitrogens is 1. The molecule has 4 heterocycles. The van der Waals surface area contributed by atoms with Crippen LogP contribution in [0.4, 0.5) is 15.3 Å². The van der Waals surface area contributed by atoms with Crippen LogP contribution < -0.4 is 10.6 Å². The minimum absolute atomic E-state index is 0.0140. The van der Waals surface area contributed by atoms with Crippen LogP contribution in [-0.4, -0.2) is 82.5 Å². The van der Waals surface area contributed by atoms with Gasteiger partial charge < -0.3 is 25.3 Å². The number of pyridine rings is 1. The van der Waals surface area contributed by atoms with Crippen molar-refractivity contribution in [2.45, 2.75) is 83.2 Å². The fourth-order valence-corrected chi connectivity index (χ4v) is 7.56. The number of urea groups is 2. The van der Waals surface area contributed by atoms with E-state index in [-0.39, 0.29) is 24.0 Å². The molecule has 0 bridgehead atoms. The number of anilines is 1. The van der Waals surface area contributed by atoms with Gasteiger partial charge in [0.05, 0.1) is 0 Å². The van der Waals surface area contributed by atoms with Crippen LogP contribution in [0.1, 0.15) is 73.3 Å². The van der Waals surface area contributed by atoms with Crippen molar-refractivity contribution in [2.24, 2.45) is 0 Å². The van der Waals surface area contributed by atoms with E-state index >= 15 is 0 Å². The summed E-state index contributed by atoms with van der Waals surface area (Å²) in [6.45, 7) is 7.39. The Morgan fingerprint density at radius 1 is 0.872 bits per heavy atom. The lowest BCUT2D eigenvalue weighted by atomic mass is 9.89. The van der Waals surface area contributed by atoms with Crippen molar-refractivity contribution >= 4 is 23.7 Å². The minimum atomic E-state index is -0.648. The molecule has 5 amide bonds. The molecule has 0 spiro atoms. The lowest BCUT2D eigenvalue weighted by Crippen LogP contribution is -2.56. The van der Waals surface area contributed by atoms with Crippen LogP contribution in [0.2, 0.25) is 0 Å². The molecule has 9 heteroatoms. The Kier molecular flexibility index (Phi) is 10.4. The predicted octanol–water partition coefficient (Wildman–Crippen LogP) is 5.79.